The summed E-state index contributed by atoms with van der Waals surface area (Å²) in [5.74, 6) is -0.374. The van der Waals surface area contributed by atoms with Crippen molar-refractivity contribution >= 4 is 11.7 Å². The first-order valence-electron chi connectivity index (χ1n) is 7.29. The number of halogens is 1. The summed E-state index contributed by atoms with van der Waals surface area (Å²) < 4.78 is 18.4. The van der Waals surface area contributed by atoms with Crippen LogP contribution in [0.3, 0.4) is 0 Å². The number of hydrogen-bond acceptors (Lipinski definition) is 3. The van der Waals surface area contributed by atoms with Crippen molar-refractivity contribution in [3.63, 3.8) is 0 Å². The van der Waals surface area contributed by atoms with Gasteiger partial charge in [0.25, 0.3) is 0 Å². The highest BCUT2D eigenvalue weighted by Crippen LogP contribution is 2.28. The van der Waals surface area contributed by atoms with Crippen LogP contribution < -0.4 is 5.32 Å². The van der Waals surface area contributed by atoms with Gasteiger partial charge >= 0.3 is 5.97 Å². The molecule has 1 N–H and O–H groups in total. The lowest BCUT2D eigenvalue weighted by molar-refractivity contribution is -0.149. The fraction of sp³-hybridized carbons (Fsp3) is 0.562. The summed E-state index contributed by atoms with van der Waals surface area (Å²) in [6.45, 7) is 4.20. The zero-order chi connectivity index (χ0) is 14.5. The van der Waals surface area contributed by atoms with Crippen LogP contribution >= 0.6 is 0 Å². The average molecular weight is 279 g/mol. The van der Waals surface area contributed by atoms with Gasteiger partial charge in [0.1, 0.15) is 5.82 Å². The molecule has 2 unspecified atom stereocenters. The van der Waals surface area contributed by atoms with Gasteiger partial charge in [-0.1, -0.05) is 12.5 Å². The Hall–Kier alpha value is -1.58. The maximum absolute atomic E-state index is 13.3. The van der Waals surface area contributed by atoms with Crippen LogP contribution in [-0.2, 0) is 9.53 Å². The molecule has 0 bridgehead atoms. The van der Waals surface area contributed by atoms with Gasteiger partial charge in [-0.05, 0) is 50.8 Å². The van der Waals surface area contributed by atoms with Crippen molar-refractivity contribution in [2.24, 2.45) is 5.92 Å². The van der Waals surface area contributed by atoms with E-state index in [2.05, 4.69) is 5.32 Å². The van der Waals surface area contributed by atoms with Crippen molar-refractivity contribution in [2.75, 3.05) is 11.9 Å². The molecule has 0 saturated heterocycles. The Morgan fingerprint density at radius 2 is 2.25 bits per heavy atom. The summed E-state index contributed by atoms with van der Waals surface area (Å²) in [5.41, 5.74) is 1.84. The van der Waals surface area contributed by atoms with Crippen LogP contribution in [0.15, 0.2) is 18.2 Å². The Labute approximate surface area is 119 Å². The Morgan fingerprint density at radius 1 is 1.45 bits per heavy atom. The second-order valence-electron chi connectivity index (χ2n) is 5.42. The topological polar surface area (TPSA) is 38.3 Å². The van der Waals surface area contributed by atoms with Gasteiger partial charge in [0.05, 0.1) is 12.5 Å². The molecule has 3 nitrogen and oxygen atoms in total. The minimum atomic E-state index is -0.240. The maximum atomic E-state index is 13.3. The summed E-state index contributed by atoms with van der Waals surface area (Å²) in [6, 6.07) is 4.95. The van der Waals surface area contributed by atoms with Crippen molar-refractivity contribution in [1.29, 1.82) is 0 Å². The van der Waals surface area contributed by atoms with Gasteiger partial charge in [0, 0.05) is 11.7 Å². The molecule has 1 aromatic carbocycles. The van der Waals surface area contributed by atoms with Gasteiger partial charge < -0.3 is 10.1 Å². The number of rotatable bonds is 4. The smallest absolute Gasteiger partial charge is 0.308 e. The van der Waals surface area contributed by atoms with Crippen LogP contribution in [0.2, 0.25) is 0 Å². The zero-order valence-electron chi connectivity index (χ0n) is 12.1. The lowest BCUT2D eigenvalue weighted by atomic mass is 9.85. The van der Waals surface area contributed by atoms with Gasteiger partial charge in [-0.2, -0.15) is 0 Å². The number of nitrogens with one attached hydrogen (secondary N) is 1. The molecule has 1 aliphatic carbocycles. The molecule has 2 atom stereocenters. The Morgan fingerprint density at radius 3 is 3.00 bits per heavy atom. The highest BCUT2D eigenvalue weighted by atomic mass is 19.1. The quantitative estimate of drug-likeness (QED) is 0.855. The number of ether oxygens (including phenoxy) is 1. The molecule has 0 spiro atoms. The van der Waals surface area contributed by atoms with Crippen LogP contribution in [0.25, 0.3) is 0 Å². The second kappa shape index (κ2) is 6.73. The van der Waals surface area contributed by atoms with E-state index in [0.29, 0.717) is 6.61 Å². The Bertz CT molecular complexity index is 476. The lowest BCUT2D eigenvalue weighted by Gasteiger charge is -2.29. The van der Waals surface area contributed by atoms with Gasteiger partial charge in [-0.15, -0.1) is 0 Å². The monoisotopic (exact) mass is 279 g/mol. The van der Waals surface area contributed by atoms with Crippen LogP contribution in [0.4, 0.5) is 10.1 Å². The van der Waals surface area contributed by atoms with Crippen molar-refractivity contribution in [1.82, 2.24) is 0 Å². The molecule has 0 aromatic heterocycles. The van der Waals surface area contributed by atoms with Gasteiger partial charge in [0.15, 0.2) is 0 Å². The Kier molecular flexibility index (Phi) is 4.99. The third kappa shape index (κ3) is 3.71. The van der Waals surface area contributed by atoms with E-state index < -0.39 is 0 Å². The second-order valence-corrected chi connectivity index (χ2v) is 5.42. The van der Waals surface area contributed by atoms with Gasteiger partial charge in [-0.25, -0.2) is 4.39 Å². The maximum Gasteiger partial charge on any atom is 0.308 e. The van der Waals surface area contributed by atoms with E-state index >= 15 is 0 Å². The summed E-state index contributed by atoms with van der Waals surface area (Å²) >= 11 is 0. The summed E-state index contributed by atoms with van der Waals surface area (Å²) in [4.78, 5) is 11.8. The van der Waals surface area contributed by atoms with E-state index in [1.807, 2.05) is 13.8 Å². The molecular weight excluding hydrogens is 257 g/mol. The minimum Gasteiger partial charge on any atom is -0.466 e. The molecule has 0 radical (unpaired) electrons. The van der Waals surface area contributed by atoms with Gasteiger partial charge in [0.2, 0.25) is 0 Å². The Balaban J connectivity index is 1.99. The van der Waals surface area contributed by atoms with Crippen LogP contribution in [0, 0.1) is 18.7 Å². The predicted octanol–water partition coefficient (Wildman–Crippen LogP) is 3.67. The summed E-state index contributed by atoms with van der Waals surface area (Å²) in [6.07, 6.45) is 3.65. The van der Waals surface area contributed by atoms with E-state index in [4.69, 9.17) is 4.74 Å². The molecular formula is C16H22FNO2. The summed E-state index contributed by atoms with van der Waals surface area (Å²) in [5, 5.41) is 3.37. The van der Waals surface area contributed by atoms with Crippen molar-refractivity contribution in [3.8, 4) is 0 Å². The molecule has 0 amide bonds. The van der Waals surface area contributed by atoms with E-state index in [9.17, 15) is 9.18 Å². The van der Waals surface area contributed by atoms with E-state index in [1.54, 1.807) is 6.07 Å². The van der Waals surface area contributed by atoms with Crippen LogP contribution in [0.5, 0.6) is 0 Å². The number of carbonyl (C=O) groups excluding carboxylic acids is 1. The molecule has 0 aliphatic heterocycles. The largest absolute Gasteiger partial charge is 0.466 e. The molecule has 1 fully saturated rings. The molecule has 20 heavy (non-hydrogen) atoms. The number of hydrogen-bond donors (Lipinski definition) is 1. The fourth-order valence-corrected chi connectivity index (χ4v) is 2.76. The SMILES string of the molecule is CCOC(=O)C1CCCC(Nc2cc(F)ccc2C)C1. The first kappa shape index (κ1) is 14.8. The molecule has 1 aliphatic rings. The summed E-state index contributed by atoms with van der Waals surface area (Å²) in [7, 11) is 0. The van der Waals surface area contributed by atoms with Crippen LogP contribution in [-0.4, -0.2) is 18.6 Å². The number of benzene rings is 1. The highest BCUT2D eigenvalue weighted by molar-refractivity contribution is 5.72. The lowest BCUT2D eigenvalue weighted by Crippen LogP contribution is -2.32. The minimum absolute atomic E-state index is 0.0323. The van der Waals surface area contributed by atoms with Crippen molar-refractivity contribution in [3.05, 3.63) is 29.6 Å². The first-order valence-corrected chi connectivity index (χ1v) is 7.29. The molecule has 2 rings (SSSR count). The standard InChI is InChI=1S/C16H22FNO2/c1-3-20-16(19)12-5-4-6-14(9-12)18-15-10-13(17)8-7-11(15)2/h7-8,10,12,14,18H,3-6,9H2,1-2H3. The third-order valence-corrected chi connectivity index (χ3v) is 3.85. The normalized spacial score (nSPS) is 22.4. The molecule has 110 valence electrons. The van der Waals surface area contributed by atoms with Crippen molar-refractivity contribution in [2.45, 2.75) is 45.6 Å². The van der Waals surface area contributed by atoms with E-state index in [0.717, 1.165) is 36.9 Å². The highest BCUT2D eigenvalue weighted by Gasteiger charge is 2.28. The van der Waals surface area contributed by atoms with Gasteiger partial charge in [-0.3, -0.25) is 4.79 Å². The average Bonchev–Trinajstić information content (AvgIpc) is 2.43. The molecule has 1 saturated carbocycles. The number of aryl methyl sites for hydroxylation is 1. The molecule has 4 heteroatoms. The zero-order valence-corrected chi connectivity index (χ0v) is 12.1. The van der Waals surface area contributed by atoms with Crippen LogP contribution in [0.1, 0.15) is 38.2 Å². The number of anilines is 1. The van der Waals surface area contributed by atoms with Crippen molar-refractivity contribution < 1.29 is 13.9 Å². The van der Waals surface area contributed by atoms with E-state index in [1.165, 1.54) is 12.1 Å². The van der Waals surface area contributed by atoms with E-state index in [-0.39, 0.29) is 23.7 Å². The molecule has 1 aromatic rings. The fourth-order valence-electron chi connectivity index (χ4n) is 2.76. The predicted molar refractivity (Wildman–Crippen MR) is 77.1 cm³/mol. The number of carbonyl (C=O) groups is 1. The first-order chi connectivity index (χ1) is 9.60. The number of esters is 1. The third-order valence-electron chi connectivity index (χ3n) is 3.85. The molecule has 0 heterocycles.